The summed E-state index contributed by atoms with van der Waals surface area (Å²) < 4.78 is 2.12. The molecule has 4 aromatic rings. The van der Waals surface area contributed by atoms with Gasteiger partial charge < -0.3 is 14.8 Å². The normalized spacial score (nSPS) is 13.9. The van der Waals surface area contributed by atoms with Gasteiger partial charge in [-0.1, -0.05) is 68.3 Å². The molecular weight excluding hydrogens is 508 g/mol. The lowest BCUT2D eigenvalue weighted by atomic mass is 9.97. The molecule has 0 bridgehead atoms. The first-order valence-electron chi connectivity index (χ1n) is 13.5. The second-order valence-electron chi connectivity index (χ2n) is 9.77. The van der Waals surface area contributed by atoms with Crippen LogP contribution in [0, 0.1) is 0 Å². The van der Waals surface area contributed by atoms with Crippen LogP contribution in [0.3, 0.4) is 0 Å². The highest BCUT2D eigenvalue weighted by atomic mass is 35.5. The number of unbranched alkanes of at least 4 members (excludes halogenated alkanes) is 1. The number of hydrogen-bond donors (Lipinski definition) is 1. The molecule has 0 unspecified atom stereocenters. The van der Waals surface area contributed by atoms with Crippen LogP contribution in [0.5, 0.6) is 0 Å². The summed E-state index contributed by atoms with van der Waals surface area (Å²) in [5.41, 5.74) is 5.57. The minimum absolute atomic E-state index is 0.0436. The highest BCUT2D eigenvalue weighted by molar-refractivity contribution is 6.30. The molecule has 0 saturated heterocycles. The van der Waals surface area contributed by atoms with Gasteiger partial charge in [-0.2, -0.15) is 0 Å². The van der Waals surface area contributed by atoms with E-state index in [1.165, 1.54) is 5.56 Å². The Balaban J connectivity index is 1.48. The van der Waals surface area contributed by atoms with Crippen molar-refractivity contribution in [3.8, 4) is 5.69 Å². The molecule has 39 heavy (non-hydrogen) atoms. The monoisotopic (exact) mass is 540 g/mol. The number of anilines is 2. The Bertz CT molecular complexity index is 1450. The Labute approximate surface area is 234 Å². The summed E-state index contributed by atoms with van der Waals surface area (Å²) >= 11 is 6.21. The smallest absolute Gasteiger partial charge is 0.316 e. The zero-order chi connectivity index (χ0) is 27.4. The van der Waals surface area contributed by atoms with Gasteiger partial charge in [0.2, 0.25) is 5.91 Å². The second kappa shape index (κ2) is 11.8. The average Bonchev–Trinajstić information content (AvgIpc) is 3.45. The summed E-state index contributed by atoms with van der Waals surface area (Å²) in [4.78, 5) is 31.1. The first-order chi connectivity index (χ1) is 19.0. The maximum atomic E-state index is 14.2. The number of benzene rings is 3. The van der Waals surface area contributed by atoms with Crippen molar-refractivity contribution in [1.29, 1.82) is 0 Å². The van der Waals surface area contributed by atoms with E-state index in [1.54, 1.807) is 4.90 Å². The predicted molar refractivity (Wildman–Crippen MR) is 158 cm³/mol. The van der Waals surface area contributed by atoms with Gasteiger partial charge in [0.05, 0.1) is 17.1 Å². The molecule has 1 N–H and O–H groups in total. The van der Waals surface area contributed by atoms with Crippen LogP contribution in [0.25, 0.3) is 5.69 Å². The largest absolute Gasteiger partial charge is 0.322 e. The fraction of sp³-hybridized carbons (Fsp3) is 0.250. The number of nitrogens with one attached hydrogen (secondary N) is 1. The number of halogens is 1. The standard InChI is InChI=1S/C32H33ClN4O2/c1-3-5-20-35(32(39)34-26-18-12-23(4-2)13-19-26)22-30(38)37-28-10-7-6-9-27(28)36-21-8-11-29(36)31(37)24-14-16-25(33)17-15-24/h6-19,21,31H,3-5,20,22H2,1-2H3,(H,34,39)/t31-/m1/s1. The first-order valence-corrected chi connectivity index (χ1v) is 13.9. The molecular formula is C32H33ClN4O2. The number of urea groups is 1. The van der Waals surface area contributed by atoms with Gasteiger partial charge in [-0.15, -0.1) is 0 Å². The molecule has 2 heterocycles. The van der Waals surface area contributed by atoms with E-state index in [1.807, 2.05) is 96.0 Å². The number of para-hydroxylation sites is 2. The number of rotatable bonds is 8. The van der Waals surface area contributed by atoms with Crippen molar-refractivity contribution in [2.75, 3.05) is 23.3 Å². The molecule has 6 nitrogen and oxygen atoms in total. The zero-order valence-electron chi connectivity index (χ0n) is 22.3. The van der Waals surface area contributed by atoms with E-state index in [-0.39, 0.29) is 24.5 Å². The van der Waals surface area contributed by atoms with E-state index in [0.29, 0.717) is 17.3 Å². The van der Waals surface area contributed by atoms with Gasteiger partial charge in [-0.3, -0.25) is 9.69 Å². The number of nitrogens with zero attached hydrogens (tertiary/aromatic N) is 3. The lowest BCUT2D eigenvalue weighted by Crippen LogP contribution is -2.48. The Morgan fingerprint density at radius 2 is 1.62 bits per heavy atom. The van der Waals surface area contributed by atoms with Crippen molar-refractivity contribution in [3.05, 3.63) is 113 Å². The van der Waals surface area contributed by atoms with E-state index in [0.717, 1.165) is 41.9 Å². The molecule has 3 amide bonds. The summed E-state index contributed by atoms with van der Waals surface area (Å²) in [5, 5.41) is 3.62. The number of carbonyl (C=O) groups excluding carboxylic acids is 2. The molecule has 3 aromatic carbocycles. The SMILES string of the molecule is CCCCN(CC(=O)N1c2ccccc2-n2cccc2[C@H]1c1ccc(Cl)cc1)C(=O)Nc1ccc(CC)cc1. The third-order valence-corrected chi connectivity index (χ3v) is 7.43. The molecule has 200 valence electrons. The van der Waals surface area contributed by atoms with E-state index in [2.05, 4.69) is 23.7 Å². The molecule has 0 aliphatic carbocycles. The summed E-state index contributed by atoms with van der Waals surface area (Å²) in [5.74, 6) is -0.151. The number of fused-ring (bicyclic) bond motifs is 3. The van der Waals surface area contributed by atoms with Gasteiger partial charge in [0.15, 0.2) is 0 Å². The van der Waals surface area contributed by atoms with E-state index >= 15 is 0 Å². The first kappa shape index (κ1) is 26.6. The summed E-state index contributed by atoms with van der Waals surface area (Å²) in [6.07, 6.45) is 4.66. The lowest BCUT2D eigenvalue weighted by molar-refractivity contribution is -0.119. The zero-order valence-corrected chi connectivity index (χ0v) is 23.1. The average molecular weight is 541 g/mol. The minimum Gasteiger partial charge on any atom is -0.316 e. The van der Waals surface area contributed by atoms with Gasteiger partial charge in [0.1, 0.15) is 12.6 Å². The molecule has 1 aromatic heterocycles. The number of aromatic nitrogens is 1. The van der Waals surface area contributed by atoms with Crippen LogP contribution in [-0.2, 0) is 11.2 Å². The number of hydrogen-bond acceptors (Lipinski definition) is 2. The second-order valence-corrected chi connectivity index (χ2v) is 10.2. The van der Waals surface area contributed by atoms with Crippen LogP contribution in [0.15, 0.2) is 91.1 Å². The molecule has 0 radical (unpaired) electrons. The van der Waals surface area contributed by atoms with Crippen molar-refractivity contribution < 1.29 is 9.59 Å². The van der Waals surface area contributed by atoms with Gasteiger partial charge in [0.25, 0.3) is 0 Å². The van der Waals surface area contributed by atoms with Crippen LogP contribution in [0.1, 0.15) is 49.6 Å². The Kier molecular flexibility index (Phi) is 8.03. The van der Waals surface area contributed by atoms with Gasteiger partial charge in [0, 0.05) is 23.5 Å². The summed E-state index contributed by atoms with van der Waals surface area (Å²) in [7, 11) is 0. The number of amides is 3. The maximum Gasteiger partial charge on any atom is 0.322 e. The molecule has 5 rings (SSSR count). The molecule has 0 spiro atoms. The number of aryl methyl sites for hydroxylation is 1. The summed E-state index contributed by atoms with van der Waals surface area (Å²) in [6, 6.07) is 26.7. The molecule has 0 fully saturated rings. The van der Waals surface area contributed by atoms with Crippen LogP contribution >= 0.6 is 11.6 Å². The van der Waals surface area contributed by atoms with Gasteiger partial charge in [-0.05, 0) is 72.5 Å². The van der Waals surface area contributed by atoms with Crippen molar-refractivity contribution in [3.63, 3.8) is 0 Å². The van der Waals surface area contributed by atoms with Gasteiger partial charge in [-0.25, -0.2) is 4.79 Å². The topological polar surface area (TPSA) is 57.6 Å². The number of carbonyl (C=O) groups is 2. The van der Waals surface area contributed by atoms with Crippen molar-refractivity contribution in [2.45, 2.75) is 39.2 Å². The van der Waals surface area contributed by atoms with Crippen LogP contribution < -0.4 is 10.2 Å². The van der Waals surface area contributed by atoms with Crippen molar-refractivity contribution in [1.82, 2.24) is 9.47 Å². The predicted octanol–water partition coefficient (Wildman–Crippen LogP) is 7.46. The Morgan fingerprint density at radius 1 is 0.897 bits per heavy atom. The highest BCUT2D eigenvalue weighted by Crippen LogP contribution is 2.42. The van der Waals surface area contributed by atoms with Gasteiger partial charge >= 0.3 is 6.03 Å². The Hall–Kier alpha value is -4.03. The molecule has 1 aliphatic rings. The molecule has 0 saturated carbocycles. The van der Waals surface area contributed by atoms with Crippen LogP contribution in [0.2, 0.25) is 5.02 Å². The minimum atomic E-state index is -0.364. The third-order valence-electron chi connectivity index (χ3n) is 7.18. The fourth-order valence-corrected chi connectivity index (χ4v) is 5.22. The highest BCUT2D eigenvalue weighted by Gasteiger charge is 2.37. The maximum absolute atomic E-state index is 14.2. The van der Waals surface area contributed by atoms with E-state index < -0.39 is 0 Å². The van der Waals surface area contributed by atoms with Crippen LogP contribution in [-0.4, -0.2) is 34.5 Å². The van der Waals surface area contributed by atoms with E-state index in [9.17, 15) is 9.59 Å². The van der Waals surface area contributed by atoms with Crippen LogP contribution in [0.4, 0.5) is 16.2 Å². The lowest BCUT2D eigenvalue weighted by Gasteiger charge is -2.39. The quantitative estimate of drug-likeness (QED) is 0.252. The molecule has 7 heteroatoms. The van der Waals surface area contributed by atoms with E-state index in [4.69, 9.17) is 11.6 Å². The Morgan fingerprint density at radius 3 is 2.31 bits per heavy atom. The summed E-state index contributed by atoms with van der Waals surface area (Å²) in [6.45, 7) is 4.61. The fourth-order valence-electron chi connectivity index (χ4n) is 5.09. The van der Waals surface area contributed by atoms with Crippen molar-refractivity contribution >= 4 is 34.9 Å². The molecule has 1 aliphatic heterocycles. The third kappa shape index (κ3) is 5.57. The molecule has 1 atom stereocenters. The van der Waals surface area contributed by atoms with Crippen molar-refractivity contribution in [2.24, 2.45) is 0 Å².